The smallest absolute Gasteiger partial charge is 0.257 e. The van der Waals surface area contributed by atoms with Gasteiger partial charge in [-0.3, -0.25) is 14.5 Å². The zero-order valence-corrected chi connectivity index (χ0v) is 18.9. The molecule has 1 aliphatic rings. The normalized spacial score (nSPS) is 15.2. The summed E-state index contributed by atoms with van der Waals surface area (Å²) in [6, 6.07) is 16.6. The molecule has 176 valence electrons. The van der Waals surface area contributed by atoms with Crippen LogP contribution >= 0.6 is 11.6 Å². The number of hydrogen-bond acceptors (Lipinski definition) is 7. The number of allylic oxidation sites excluding steroid dienone is 1. The predicted molar refractivity (Wildman–Crippen MR) is 128 cm³/mol. The van der Waals surface area contributed by atoms with Crippen LogP contribution in [0.3, 0.4) is 0 Å². The van der Waals surface area contributed by atoms with E-state index in [1.54, 1.807) is 59.3 Å². The Morgan fingerprint density at radius 1 is 1.20 bits per heavy atom. The fourth-order valence-corrected chi connectivity index (χ4v) is 3.82. The summed E-state index contributed by atoms with van der Waals surface area (Å²) in [6.07, 6.45) is 2.27. The largest absolute Gasteiger partial charge is 0.384 e. The molecule has 5 rings (SSSR count). The average Bonchev–Trinajstić information content (AvgIpc) is 3.52. The Morgan fingerprint density at radius 2 is 2.00 bits per heavy atom. The number of hydrogen-bond donors (Lipinski definition) is 3. The van der Waals surface area contributed by atoms with E-state index in [4.69, 9.17) is 21.9 Å². The van der Waals surface area contributed by atoms with Gasteiger partial charge in [0.1, 0.15) is 29.3 Å². The van der Waals surface area contributed by atoms with Crippen LogP contribution in [0.5, 0.6) is 0 Å². The Balaban J connectivity index is 1.39. The maximum Gasteiger partial charge on any atom is 0.257 e. The summed E-state index contributed by atoms with van der Waals surface area (Å²) in [5.41, 5.74) is 8.94. The summed E-state index contributed by atoms with van der Waals surface area (Å²) >= 11 is 6.10. The van der Waals surface area contributed by atoms with Gasteiger partial charge in [0, 0.05) is 11.6 Å². The summed E-state index contributed by atoms with van der Waals surface area (Å²) in [5.74, 6) is -0.546. The average molecular weight is 492 g/mol. The van der Waals surface area contributed by atoms with Gasteiger partial charge in [0.25, 0.3) is 5.91 Å². The van der Waals surface area contributed by atoms with Gasteiger partial charge in [-0.25, -0.2) is 4.39 Å². The van der Waals surface area contributed by atoms with E-state index < -0.39 is 12.1 Å². The minimum atomic E-state index is -0.636. The van der Waals surface area contributed by atoms with Gasteiger partial charge >= 0.3 is 0 Å². The molecule has 3 heterocycles. The third-order valence-electron chi connectivity index (χ3n) is 5.36. The topological polar surface area (TPSA) is 123 Å². The highest BCUT2D eigenvalue weighted by Gasteiger charge is 2.23. The summed E-state index contributed by atoms with van der Waals surface area (Å²) in [6.45, 7) is 0.176. The lowest BCUT2D eigenvalue weighted by Gasteiger charge is -2.21. The first-order valence-corrected chi connectivity index (χ1v) is 10.9. The summed E-state index contributed by atoms with van der Waals surface area (Å²) in [5, 5.41) is 14.7. The minimum absolute atomic E-state index is 0.176. The van der Waals surface area contributed by atoms with Crippen molar-refractivity contribution in [2.24, 2.45) is 10.7 Å². The highest BCUT2D eigenvalue weighted by atomic mass is 35.5. The third kappa shape index (κ3) is 4.64. The number of benzene rings is 2. The molecule has 11 heteroatoms. The van der Waals surface area contributed by atoms with Gasteiger partial charge in [-0.1, -0.05) is 47.1 Å². The zero-order valence-electron chi connectivity index (χ0n) is 18.2. The fraction of sp³-hybridized carbons (Fsp3) is 0.0833. The summed E-state index contributed by atoms with van der Waals surface area (Å²) < 4.78 is 20.9. The second-order valence-corrected chi connectivity index (χ2v) is 8.08. The van der Waals surface area contributed by atoms with Gasteiger partial charge in [-0.2, -0.15) is 5.10 Å². The molecule has 0 saturated heterocycles. The Kier molecular flexibility index (Phi) is 6.02. The molecule has 2 aromatic carbocycles. The van der Waals surface area contributed by atoms with Crippen molar-refractivity contribution in [2.75, 3.05) is 0 Å². The van der Waals surface area contributed by atoms with Gasteiger partial charge in [-0.05, 0) is 24.3 Å². The monoisotopic (exact) mass is 491 g/mol. The first-order chi connectivity index (χ1) is 17.0. The Labute approximate surface area is 204 Å². The SMILES string of the molecule is NC1=C(NC(=O)c2ccccc2Cl)C=NC(c2cc(-c3ccon3)n(Cc3ccccc3F)n2)N1. The van der Waals surface area contributed by atoms with Crippen molar-refractivity contribution < 1.29 is 13.7 Å². The molecule has 0 bridgehead atoms. The number of nitrogens with two attached hydrogens (primary N) is 1. The van der Waals surface area contributed by atoms with Crippen LogP contribution < -0.4 is 16.4 Å². The van der Waals surface area contributed by atoms with Crippen LogP contribution in [0.15, 0.2) is 88.0 Å². The molecule has 1 atom stereocenters. The molecule has 1 unspecified atom stereocenters. The molecule has 9 nitrogen and oxygen atoms in total. The molecule has 4 N–H and O–H groups in total. The van der Waals surface area contributed by atoms with Crippen molar-refractivity contribution >= 4 is 23.7 Å². The molecule has 1 aliphatic heterocycles. The van der Waals surface area contributed by atoms with E-state index in [1.807, 2.05) is 0 Å². The standard InChI is InChI=1S/C24H19ClFN7O2/c25-16-7-3-2-6-15(16)24(34)29-20-12-28-23(30-22(20)27)19-11-21(18-9-10-35-32-18)33(31-19)13-14-5-1-4-8-17(14)26/h1-12,23,30H,13,27H2,(H,29,34). The van der Waals surface area contributed by atoms with Crippen LogP contribution in [0, 0.1) is 5.82 Å². The van der Waals surface area contributed by atoms with Crippen LogP contribution in [0.4, 0.5) is 4.39 Å². The van der Waals surface area contributed by atoms with Gasteiger partial charge in [0.15, 0.2) is 6.17 Å². The molecule has 0 radical (unpaired) electrons. The molecule has 35 heavy (non-hydrogen) atoms. The van der Waals surface area contributed by atoms with Gasteiger partial charge < -0.3 is 20.9 Å². The van der Waals surface area contributed by atoms with Crippen molar-refractivity contribution in [1.29, 1.82) is 0 Å². The summed E-state index contributed by atoms with van der Waals surface area (Å²) in [4.78, 5) is 17.0. The number of aliphatic imine (C=N–C) groups is 1. The predicted octanol–water partition coefficient (Wildman–Crippen LogP) is 3.61. The molecule has 0 saturated carbocycles. The molecule has 0 spiro atoms. The summed E-state index contributed by atoms with van der Waals surface area (Å²) in [7, 11) is 0. The number of carbonyl (C=O) groups excluding carboxylic acids is 1. The van der Waals surface area contributed by atoms with Crippen LogP contribution in [-0.2, 0) is 6.54 Å². The maximum absolute atomic E-state index is 14.3. The van der Waals surface area contributed by atoms with E-state index in [9.17, 15) is 9.18 Å². The van der Waals surface area contributed by atoms with Crippen molar-refractivity contribution in [1.82, 2.24) is 25.6 Å². The van der Waals surface area contributed by atoms with Crippen LogP contribution in [0.2, 0.25) is 5.02 Å². The van der Waals surface area contributed by atoms with E-state index in [0.29, 0.717) is 38.9 Å². The molecule has 2 aromatic heterocycles. The third-order valence-corrected chi connectivity index (χ3v) is 5.69. The number of nitrogens with one attached hydrogen (secondary N) is 2. The van der Waals surface area contributed by atoms with Crippen LogP contribution in [0.25, 0.3) is 11.4 Å². The van der Waals surface area contributed by atoms with Crippen molar-refractivity contribution in [2.45, 2.75) is 12.7 Å². The van der Waals surface area contributed by atoms with Crippen molar-refractivity contribution in [3.8, 4) is 11.4 Å². The molecular weight excluding hydrogens is 473 g/mol. The highest BCUT2D eigenvalue weighted by molar-refractivity contribution is 6.33. The lowest BCUT2D eigenvalue weighted by Crippen LogP contribution is -2.36. The van der Waals surface area contributed by atoms with E-state index in [1.165, 1.54) is 18.5 Å². The van der Waals surface area contributed by atoms with Gasteiger partial charge in [0.2, 0.25) is 0 Å². The Bertz CT molecular complexity index is 1450. The molecular formula is C24H19ClFN7O2. The quantitative estimate of drug-likeness (QED) is 0.378. The van der Waals surface area contributed by atoms with Crippen molar-refractivity contribution in [3.63, 3.8) is 0 Å². The minimum Gasteiger partial charge on any atom is -0.384 e. The van der Waals surface area contributed by atoms with E-state index in [-0.39, 0.29) is 18.2 Å². The lowest BCUT2D eigenvalue weighted by atomic mass is 10.2. The number of carbonyl (C=O) groups is 1. The van der Waals surface area contributed by atoms with Gasteiger partial charge in [-0.15, -0.1) is 0 Å². The zero-order chi connectivity index (χ0) is 24.4. The Morgan fingerprint density at radius 3 is 2.74 bits per heavy atom. The number of halogens is 2. The van der Waals surface area contributed by atoms with Crippen LogP contribution in [0.1, 0.15) is 27.8 Å². The van der Waals surface area contributed by atoms with E-state index >= 15 is 0 Å². The molecule has 4 aromatic rings. The second-order valence-electron chi connectivity index (χ2n) is 7.67. The Hall–Kier alpha value is -4.44. The first-order valence-electron chi connectivity index (χ1n) is 10.6. The molecule has 0 aliphatic carbocycles. The van der Waals surface area contributed by atoms with E-state index in [2.05, 4.69) is 25.9 Å². The number of aromatic nitrogens is 3. The lowest BCUT2D eigenvalue weighted by molar-refractivity contribution is 0.0967. The first kappa shape index (κ1) is 22.4. The number of rotatable bonds is 6. The van der Waals surface area contributed by atoms with Crippen molar-refractivity contribution in [3.05, 3.63) is 106 Å². The molecule has 0 fully saturated rings. The number of amides is 1. The molecule has 1 amide bonds. The fourth-order valence-electron chi connectivity index (χ4n) is 3.60. The highest BCUT2D eigenvalue weighted by Crippen LogP contribution is 2.26. The van der Waals surface area contributed by atoms with Crippen LogP contribution in [-0.4, -0.2) is 27.1 Å². The number of nitrogens with zero attached hydrogens (tertiary/aromatic N) is 4. The van der Waals surface area contributed by atoms with Gasteiger partial charge in [0.05, 0.1) is 34.7 Å². The van der Waals surface area contributed by atoms with E-state index in [0.717, 1.165) is 0 Å². The second kappa shape index (κ2) is 9.43. The maximum atomic E-state index is 14.3.